The minimum absolute atomic E-state index is 0.835. The Morgan fingerprint density at radius 3 is 1.70 bits per heavy atom. The molecule has 8 rings (SSSR count). The summed E-state index contributed by atoms with van der Waals surface area (Å²) >= 11 is 0. The molecule has 1 atom stereocenters. The topological polar surface area (TPSA) is 16.2 Å². The number of para-hydroxylation sites is 2. The van der Waals surface area contributed by atoms with Gasteiger partial charge in [0.15, 0.2) is 8.07 Å². The molecule has 0 saturated heterocycles. The minimum atomic E-state index is -2.82. The quantitative estimate of drug-likeness (QED) is 0.256. The lowest BCUT2D eigenvalue weighted by molar-refractivity contribution is 0.496. The molecule has 5 aromatic carbocycles. The van der Waals surface area contributed by atoms with Crippen molar-refractivity contribution in [3.05, 3.63) is 152 Å². The molecule has 5 aromatic rings. The first-order valence-electron chi connectivity index (χ1n) is 15.2. The molecule has 0 radical (unpaired) electrons. The van der Waals surface area contributed by atoms with E-state index in [4.69, 9.17) is 0 Å². The van der Waals surface area contributed by atoms with Gasteiger partial charge in [0.1, 0.15) is 0 Å². The van der Waals surface area contributed by atoms with Gasteiger partial charge in [-0.25, -0.2) is 0 Å². The van der Waals surface area contributed by atoms with Crippen molar-refractivity contribution in [2.45, 2.75) is 0 Å². The highest BCUT2D eigenvalue weighted by Crippen LogP contribution is 2.39. The summed E-state index contributed by atoms with van der Waals surface area (Å²) in [5, 5.41) is 5.58. The van der Waals surface area contributed by atoms with Crippen molar-refractivity contribution < 1.29 is 0 Å². The van der Waals surface area contributed by atoms with Crippen LogP contribution >= 0.6 is 0 Å². The monoisotopic (exact) mass is 589 g/mol. The molecule has 0 N–H and O–H groups in total. The number of nitrogens with zero attached hydrogens (tertiary/aromatic N) is 5. The Morgan fingerprint density at radius 2 is 1.02 bits per heavy atom. The van der Waals surface area contributed by atoms with Gasteiger partial charge < -0.3 is 24.5 Å². The minimum Gasteiger partial charge on any atom is -0.361 e. The van der Waals surface area contributed by atoms with Gasteiger partial charge in [0.05, 0.1) is 13.3 Å². The van der Waals surface area contributed by atoms with E-state index < -0.39 is 8.07 Å². The van der Waals surface area contributed by atoms with E-state index in [1.54, 1.807) is 0 Å². The molecule has 6 heteroatoms. The van der Waals surface area contributed by atoms with Crippen LogP contribution in [0.3, 0.4) is 0 Å². The Kier molecular flexibility index (Phi) is 6.31. The van der Waals surface area contributed by atoms with Crippen LogP contribution in [0, 0.1) is 0 Å². The smallest absolute Gasteiger partial charge is 0.184 e. The van der Waals surface area contributed by atoms with E-state index in [2.05, 4.69) is 191 Å². The first-order valence-corrected chi connectivity index (χ1v) is 17.2. The lowest BCUT2D eigenvalue weighted by Gasteiger charge is -2.45. The fourth-order valence-electron chi connectivity index (χ4n) is 7.10. The first kappa shape index (κ1) is 26.4. The largest absolute Gasteiger partial charge is 0.361 e. The molecule has 5 nitrogen and oxygen atoms in total. The van der Waals surface area contributed by atoms with Crippen molar-refractivity contribution in [1.29, 1.82) is 0 Å². The Morgan fingerprint density at radius 1 is 0.455 bits per heavy atom. The Balaban J connectivity index is 1.46. The number of fused-ring (bicyclic) bond motifs is 2. The van der Waals surface area contributed by atoms with Crippen LogP contribution in [0.5, 0.6) is 0 Å². The standard InChI is InChI=1S/C38H35N5Si/c1-39-22-24-41(28-39)31-14-11-17-34(26-31)44(33-15-7-4-8-16-33)37-19-10-9-18-35(37)43(30-12-5-3-6-13-30)36-21-20-32(27-38(36)44)42-25-23-40(2)29-42/h3-27H,28-29H2,1-2H3. The second kappa shape index (κ2) is 10.5. The molecule has 3 aliphatic heterocycles. The lowest BCUT2D eigenvalue weighted by Crippen LogP contribution is -2.77. The van der Waals surface area contributed by atoms with Gasteiger partial charge in [0, 0.05) is 67.3 Å². The third-order valence-electron chi connectivity index (χ3n) is 9.09. The van der Waals surface area contributed by atoms with Crippen molar-refractivity contribution in [1.82, 2.24) is 9.80 Å². The molecule has 0 aliphatic carbocycles. The normalized spacial score (nSPS) is 18.6. The summed E-state index contributed by atoms with van der Waals surface area (Å²) in [5.41, 5.74) is 6.10. The van der Waals surface area contributed by atoms with Crippen molar-refractivity contribution in [2.24, 2.45) is 0 Å². The molecule has 0 fully saturated rings. The van der Waals surface area contributed by atoms with Crippen molar-refractivity contribution >= 4 is 57.3 Å². The molecule has 0 saturated carbocycles. The van der Waals surface area contributed by atoms with E-state index >= 15 is 0 Å². The van der Waals surface area contributed by atoms with Crippen LogP contribution in [0.2, 0.25) is 0 Å². The summed E-state index contributed by atoms with van der Waals surface area (Å²) in [4.78, 5) is 11.6. The Labute approximate surface area is 260 Å². The summed E-state index contributed by atoms with van der Waals surface area (Å²) in [7, 11) is 1.43. The van der Waals surface area contributed by atoms with Crippen LogP contribution in [0.15, 0.2) is 152 Å². The average molecular weight is 590 g/mol. The predicted molar refractivity (Wildman–Crippen MR) is 187 cm³/mol. The maximum Gasteiger partial charge on any atom is 0.184 e. The van der Waals surface area contributed by atoms with Gasteiger partial charge in [-0.15, -0.1) is 0 Å². The molecule has 0 aromatic heterocycles. The average Bonchev–Trinajstić information content (AvgIpc) is 3.72. The third kappa shape index (κ3) is 4.13. The van der Waals surface area contributed by atoms with Crippen molar-refractivity contribution in [2.75, 3.05) is 42.1 Å². The molecule has 1 unspecified atom stereocenters. The number of anilines is 5. The van der Waals surface area contributed by atoms with E-state index in [1.165, 1.54) is 49.2 Å². The fraction of sp³-hybridized carbons (Fsp3) is 0.105. The van der Waals surface area contributed by atoms with E-state index in [0.717, 1.165) is 13.3 Å². The van der Waals surface area contributed by atoms with E-state index in [1.807, 2.05) is 0 Å². The summed E-state index contributed by atoms with van der Waals surface area (Å²) in [6.45, 7) is 1.68. The molecular weight excluding hydrogens is 555 g/mol. The highest BCUT2D eigenvalue weighted by molar-refractivity contribution is 7.21. The zero-order valence-corrected chi connectivity index (χ0v) is 26.1. The highest BCUT2D eigenvalue weighted by Gasteiger charge is 2.49. The van der Waals surface area contributed by atoms with Crippen molar-refractivity contribution in [3.8, 4) is 0 Å². The zero-order chi connectivity index (χ0) is 29.7. The molecular formula is C38H35N5Si. The van der Waals surface area contributed by atoms with Crippen LogP contribution in [-0.2, 0) is 0 Å². The highest BCUT2D eigenvalue weighted by atomic mass is 28.3. The third-order valence-corrected chi connectivity index (χ3v) is 13.9. The first-order chi connectivity index (χ1) is 21.6. The van der Waals surface area contributed by atoms with Gasteiger partial charge in [-0.3, -0.25) is 0 Å². The van der Waals surface area contributed by atoms with Gasteiger partial charge in [-0.2, -0.15) is 0 Å². The number of rotatable bonds is 5. The van der Waals surface area contributed by atoms with Gasteiger partial charge in [0.25, 0.3) is 0 Å². The second-order valence-corrected chi connectivity index (χ2v) is 15.6. The number of hydrogen-bond donors (Lipinski definition) is 0. The molecule has 0 spiro atoms. The Bertz CT molecular complexity index is 1890. The number of benzene rings is 5. The maximum absolute atomic E-state index is 2.82. The van der Waals surface area contributed by atoms with Gasteiger partial charge in [-0.1, -0.05) is 78.9 Å². The van der Waals surface area contributed by atoms with E-state index in [0.29, 0.717) is 0 Å². The van der Waals surface area contributed by atoms with Crippen LogP contribution in [-0.4, -0.2) is 45.3 Å². The summed E-state index contributed by atoms with van der Waals surface area (Å²) in [5.74, 6) is 0. The predicted octanol–water partition coefficient (Wildman–Crippen LogP) is 5.21. The SMILES string of the molecule is CN1C=CN(c2cccc([Si]3(c4ccccc4)c4ccccc4N(c4ccccc4)c4ccc(N5C=CN(C)C5)cc43)c2)C1. The molecule has 44 heavy (non-hydrogen) atoms. The van der Waals surface area contributed by atoms with Crippen LogP contribution < -0.4 is 35.4 Å². The fourth-order valence-corrected chi connectivity index (χ4v) is 12.2. The number of hydrogen-bond acceptors (Lipinski definition) is 5. The summed E-state index contributed by atoms with van der Waals surface area (Å²) in [6, 6.07) is 47.7. The lowest BCUT2D eigenvalue weighted by atomic mass is 10.1. The zero-order valence-electron chi connectivity index (χ0n) is 25.1. The molecule has 0 amide bonds. The van der Waals surface area contributed by atoms with E-state index in [-0.39, 0.29) is 0 Å². The van der Waals surface area contributed by atoms with Crippen LogP contribution in [0.1, 0.15) is 0 Å². The van der Waals surface area contributed by atoms with E-state index in [9.17, 15) is 0 Å². The summed E-state index contributed by atoms with van der Waals surface area (Å²) in [6.07, 6.45) is 8.67. The van der Waals surface area contributed by atoms with Gasteiger partial charge >= 0.3 is 0 Å². The van der Waals surface area contributed by atoms with Crippen LogP contribution in [0.25, 0.3) is 0 Å². The molecule has 3 heterocycles. The van der Waals surface area contributed by atoms with Crippen molar-refractivity contribution in [3.63, 3.8) is 0 Å². The Hall–Kier alpha value is -5.20. The van der Waals surface area contributed by atoms with Gasteiger partial charge in [0.2, 0.25) is 0 Å². The van der Waals surface area contributed by atoms with Crippen LogP contribution in [0.4, 0.5) is 28.4 Å². The second-order valence-electron chi connectivity index (χ2n) is 11.9. The molecule has 0 bridgehead atoms. The summed E-state index contributed by atoms with van der Waals surface area (Å²) < 4.78 is 0. The maximum atomic E-state index is 2.49. The molecule has 3 aliphatic rings. The molecule has 216 valence electrons. The van der Waals surface area contributed by atoms with Gasteiger partial charge in [-0.05, 0) is 69.3 Å².